The van der Waals surface area contributed by atoms with Gasteiger partial charge in [-0.3, -0.25) is 4.79 Å². The lowest BCUT2D eigenvalue weighted by Gasteiger charge is -2.23. The largest absolute Gasteiger partial charge is 0.495 e. The van der Waals surface area contributed by atoms with Gasteiger partial charge in [0, 0.05) is 29.9 Å². The van der Waals surface area contributed by atoms with Crippen LogP contribution in [0.1, 0.15) is 34.8 Å². The summed E-state index contributed by atoms with van der Waals surface area (Å²) in [5, 5.41) is 42.5. The number of hydrogen-bond donors (Lipinski definition) is 7. The molecular weight excluding hydrogens is 730 g/mol. The fourth-order valence-electron chi connectivity index (χ4n) is 4.80. The number of alkyl halides is 3. The van der Waals surface area contributed by atoms with Crippen LogP contribution in [0.25, 0.3) is 22.3 Å². The van der Waals surface area contributed by atoms with Crippen molar-refractivity contribution in [3.63, 3.8) is 0 Å². The molecule has 17 nitrogen and oxygen atoms in total. The van der Waals surface area contributed by atoms with Crippen LogP contribution >= 0.6 is 0 Å². The molecule has 21 heteroatoms. The number of nitrogens with zero attached hydrogens (tertiary/aromatic N) is 4. The monoisotopic (exact) mass is 761 g/mol. The van der Waals surface area contributed by atoms with Crippen LogP contribution in [0.3, 0.4) is 0 Å². The Labute approximate surface area is 301 Å². The van der Waals surface area contributed by atoms with Gasteiger partial charge < -0.3 is 41.5 Å². The Kier molecular flexibility index (Phi) is 14.3. The molecule has 2 aromatic carbocycles. The van der Waals surface area contributed by atoms with E-state index < -0.39 is 52.9 Å². The SMILES string of the molecule is COc1cc(-c2nn(C3CCNCC3)c3ncnc(N)c23)ccc1NC(=O)c1ccc(C(F)(F)F)cc1F.O=C(O)/C=C\C(=O)O.O=C(O)/C=C\C(=O)O. The van der Waals surface area contributed by atoms with Gasteiger partial charge in [-0.2, -0.15) is 18.3 Å². The lowest BCUT2D eigenvalue weighted by Crippen LogP contribution is -2.30. The number of nitrogens with one attached hydrogen (secondary N) is 2. The van der Waals surface area contributed by atoms with Crippen LogP contribution in [0.4, 0.5) is 29.1 Å². The standard InChI is InChI=1S/C25H23F4N7O2.2C4H4O4/c1-38-19-10-13(2-5-18(19)34-24(37)16-4-3-14(11-17(16)26)25(27,28)29)21-20-22(30)32-12-33-23(20)36(35-21)15-6-8-31-9-7-15;2*5-3(6)1-2-4(7)8/h2-5,10-12,15,31H,6-9H2,1H3,(H,34,37)(H2,30,32,33);2*1-2H,(H,5,6)(H,7,8)/b;2*2-1-. The first kappa shape index (κ1) is 41.5. The number of ether oxygens (including phenoxy) is 1. The number of halogens is 4. The molecule has 1 aliphatic rings. The number of nitrogens with two attached hydrogens (primary N) is 1. The third-order valence-corrected chi connectivity index (χ3v) is 7.17. The van der Waals surface area contributed by atoms with Gasteiger partial charge >= 0.3 is 30.1 Å². The first-order valence-corrected chi connectivity index (χ1v) is 15.3. The van der Waals surface area contributed by atoms with Crippen LogP contribution in [0, 0.1) is 5.82 Å². The average molecular weight is 762 g/mol. The molecule has 1 aliphatic heterocycles. The van der Waals surface area contributed by atoms with E-state index in [1.807, 2.05) is 4.68 Å². The van der Waals surface area contributed by atoms with Crippen LogP contribution in [-0.4, -0.2) is 90.2 Å². The van der Waals surface area contributed by atoms with Crippen molar-refractivity contribution >= 4 is 52.3 Å². The Morgan fingerprint density at radius 2 is 1.48 bits per heavy atom. The molecule has 286 valence electrons. The molecule has 2 aromatic heterocycles. The van der Waals surface area contributed by atoms with Crippen LogP contribution < -0.4 is 21.1 Å². The molecule has 8 N–H and O–H groups in total. The number of carboxylic acid groups (broad SMARTS) is 4. The highest BCUT2D eigenvalue weighted by Gasteiger charge is 2.32. The number of carboxylic acids is 4. The van der Waals surface area contributed by atoms with E-state index >= 15 is 0 Å². The maximum absolute atomic E-state index is 14.3. The van der Waals surface area contributed by atoms with Gasteiger partial charge in [-0.05, 0) is 56.3 Å². The number of fused-ring (bicyclic) bond motifs is 1. The molecule has 4 aromatic rings. The number of nitrogen functional groups attached to an aromatic ring is 1. The van der Waals surface area contributed by atoms with Crippen LogP contribution in [-0.2, 0) is 25.4 Å². The Bertz CT molecular complexity index is 2030. The number of rotatable bonds is 9. The summed E-state index contributed by atoms with van der Waals surface area (Å²) in [6.07, 6.45) is 0.633. The molecule has 1 saturated heterocycles. The summed E-state index contributed by atoms with van der Waals surface area (Å²) in [6.45, 7) is 1.70. The van der Waals surface area contributed by atoms with Gasteiger partial charge in [-0.1, -0.05) is 6.07 Å². The second-order valence-corrected chi connectivity index (χ2v) is 10.8. The summed E-state index contributed by atoms with van der Waals surface area (Å²) < 4.78 is 60.1. The Hall–Kier alpha value is -6.90. The van der Waals surface area contributed by atoms with Crippen molar-refractivity contribution in [2.75, 3.05) is 31.2 Å². The summed E-state index contributed by atoms with van der Waals surface area (Å²) >= 11 is 0. The predicted molar refractivity (Wildman–Crippen MR) is 181 cm³/mol. The number of aromatic nitrogens is 4. The van der Waals surface area contributed by atoms with E-state index in [-0.39, 0.29) is 29.4 Å². The minimum Gasteiger partial charge on any atom is -0.495 e. The zero-order valence-electron chi connectivity index (χ0n) is 27.9. The second-order valence-electron chi connectivity index (χ2n) is 10.8. The molecule has 0 atom stereocenters. The maximum Gasteiger partial charge on any atom is 0.416 e. The van der Waals surface area contributed by atoms with E-state index in [4.69, 9.17) is 36.0 Å². The maximum atomic E-state index is 14.3. The molecule has 5 rings (SSSR count). The normalized spacial score (nSPS) is 13.1. The van der Waals surface area contributed by atoms with E-state index in [9.17, 15) is 41.5 Å². The van der Waals surface area contributed by atoms with E-state index in [0.717, 1.165) is 32.0 Å². The summed E-state index contributed by atoms with van der Waals surface area (Å²) in [5.41, 5.74) is 6.41. The fraction of sp³-hybridized carbons (Fsp3) is 0.212. The zero-order valence-corrected chi connectivity index (χ0v) is 27.9. The molecule has 1 amide bonds. The Balaban J connectivity index is 0.000000410. The lowest BCUT2D eigenvalue weighted by molar-refractivity contribution is -0.138. The highest BCUT2D eigenvalue weighted by atomic mass is 19.4. The number of anilines is 2. The first-order chi connectivity index (χ1) is 25.4. The van der Waals surface area contributed by atoms with Crippen LogP contribution in [0.15, 0.2) is 67.0 Å². The van der Waals surface area contributed by atoms with Crippen molar-refractivity contribution < 1.29 is 66.7 Å². The Morgan fingerprint density at radius 1 is 0.907 bits per heavy atom. The number of piperidine rings is 1. The van der Waals surface area contributed by atoms with Gasteiger partial charge in [0.25, 0.3) is 5.91 Å². The molecule has 0 radical (unpaired) electrons. The van der Waals surface area contributed by atoms with E-state index in [2.05, 4.69) is 20.6 Å². The molecule has 3 heterocycles. The van der Waals surface area contributed by atoms with Crippen LogP contribution in [0.5, 0.6) is 5.75 Å². The number of carbonyl (C=O) groups is 5. The topological polar surface area (TPSA) is 269 Å². The highest BCUT2D eigenvalue weighted by Crippen LogP contribution is 2.37. The average Bonchev–Trinajstić information content (AvgIpc) is 3.51. The summed E-state index contributed by atoms with van der Waals surface area (Å²) in [7, 11) is 1.39. The lowest BCUT2D eigenvalue weighted by atomic mass is 10.1. The minimum atomic E-state index is -4.73. The number of hydrogen-bond acceptors (Lipinski definition) is 11. The molecular formula is C33H31F4N7O10. The van der Waals surface area contributed by atoms with Crippen molar-refractivity contribution in [2.45, 2.75) is 25.1 Å². The highest BCUT2D eigenvalue weighted by molar-refractivity contribution is 6.06. The van der Waals surface area contributed by atoms with E-state index in [1.54, 1.807) is 12.1 Å². The predicted octanol–water partition coefficient (Wildman–Crippen LogP) is 3.84. The third kappa shape index (κ3) is 11.6. The number of amides is 1. The smallest absolute Gasteiger partial charge is 0.416 e. The summed E-state index contributed by atoms with van der Waals surface area (Å²) in [4.78, 5) is 59.4. The van der Waals surface area contributed by atoms with Gasteiger partial charge in [0.1, 0.15) is 29.4 Å². The van der Waals surface area contributed by atoms with Gasteiger partial charge in [0.2, 0.25) is 0 Å². The number of methoxy groups -OCH3 is 1. The van der Waals surface area contributed by atoms with Crippen molar-refractivity contribution in [2.24, 2.45) is 0 Å². The molecule has 0 unspecified atom stereocenters. The van der Waals surface area contributed by atoms with Gasteiger partial charge in [0.15, 0.2) is 5.65 Å². The summed E-state index contributed by atoms with van der Waals surface area (Å²) in [5.74, 6) is -6.76. The number of aliphatic carboxylic acids is 4. The molecule has 54 heavy (non-hydrogen) atoms. The quantitative estimate of drug-likeness (QED) is 0.0943. The van der Waals surface area contributed by atoms with E-state index in [1.165, 1.54) is 19.5 Å². The second kappa shape index (κ2) is 18.5. The van der Waals surface area contributed by atoms with Crippen molar-refractivity contribution in [3.05, 3.63) is 84.0 Å². The summed E-state index contributed by atoms with van der Waals surface area (Å²) in [6, 6.07) is 6.67. The van der Waals surface area contributed by atoms with Crippen molar-refractivity contribution in [3.8, 4) is 17.0 Å². The van der Waals surface area contributed by atoms with Gasteiger partial charge in [-0.25, -0.2) is 38.2 Å². The molecule has 0 saturated carbocycles. The van der Waals surface area contributed by atoms with Crippen LogP contribution in [0.2, 0.25) is 0 Å². The molecule has 0 bridgehead atoms. The van der Waals surface area contributed by atoms with Crippen molar-refractivity contribution in [1.82, 2.24) is 25.1 Å². The number of carbonyl (C=O) groups excluding carboxylic acids is 1. The first-order valence-electron chi connectivity index (χ1n) is 15.3. The molecule has 0 spiro atoms. The minimum absolute atomic E-state index is 0.126. The zero-order chi connectivity index (χ0) is 40.2. The van der Waals surface area contributed by atoms with Crippen molar-refractivity contribution in [1.29, 1.82) is 0 Å². The molecule has 1 fully saturated rings. The van der Waals surface area contributed by atoms with Gasteiger partial charge in [0.05, 0.1) is 35.4 Å². The van der Waals surface area contributed by atoms with Gasteiger partial charge in [-0.15, -0.1) is 0 Å². The molecule has 0 aliphatic carbocycles. The van der Waals surface area contributed by atoms with E-state index in [0.29, 0.717) is 52.7 Å². The number of benzene rings is 2. The fourth-order valence-corrected chi connectivity index (χ4v) is 4.80. The third-order valence-electron chi connectivity index (χ3n) is 7.17. The Morgan fingerprint density at radius 3 is 1.98 bits per heavy atom.